The van der Waals surface area contributed by atoms with Crippen LogP contribution in [0.1, 0.15) is 53.4 Å². The molecule has 1 rings (SSSR count). The van der Waals surface area contributed by atoms with Crippen LogP contribution in [0.25, 0.3) is 0 Å². The standard InChI is InChI=1S/C16H28N2O4.ClH/c1-5-10(6-2)22-15-11(7-3)12(16(20)21)8-13(14(15)17)18-9(4)19;/h10,13-15H,5-8,17H2,1-4H3,(H,18,19)(H,20,21);1H/p-1/t13-,14+,15+;/m0./s1. The van der Waals surface area contributed by atoms with Gasteiger partial charge in [0.05, 0.1) is 30.3 Å². The Morgan fingerprint density at radius 3 is 2.30 bits per heavy atom. The number of hydrogen-bond acceptors (Lipinski definition) is 5. The van der Waals surface area contributed by atoms with Gasteiger partial charge in [-0.25, -0.2) is 0 Å². The van der Waals surface area contributed by atoms with Crippen molar-refractivity contribution in [2.45, 2.75) is 77.7 Å². The molecule has 3 atom stereocenters. The van der Waals surface area contributed by atoms with Crippen molar-refractivity contribution in [1.82, 2.24) is 5.32 Å². The van der Waals surface area contributed by atoms with Gasteiger partial charge in [0.2, 0.25) is 5.91 Å². The van der Waals surface area contributed by atoms with Gasteiger partial charge in [-0.3, -0.25) is 4.79 Å². The lowest BCUT2D eigenvalue weighted by molar-refractivity contribution is -0.299. The van der Waals surface area contributed by atoms with Crippen molar-refractivity contribution in [3.05, 3.63) is 11.1 Å². The first-order chi connectivity index (χ1) is 10.3. The quantitative estimate of drug-likeness (QED) is 0.704. The lowest BCUT2D eigenvalue weighted by atomic mass is 9.81. The summed E-state index contributed by atoms with van der Waals surface area (Å²) in [5, 5.41) is 14.2. The van der Waals surface area contributed by atoms with Crippen LogP contribution in [0, 0.1) is 0 Å². The fraction of sp³-hybridized carbons (Fsp3) is 0.750. The van der Waals surface area contributed by atoms with E-state index in [2.05, 4.69) is 5.32 Å². The van der Waals surface area contributed by atoms with E-state index < -0.39 is 24.2 Å². The van der Waals surface area contributed by atoms with Crippen LogP contribution in [0.3, 0.4) is 0 Å². The van der Waals surface area contributed by atoms with Gasteiger partial charge >= 0.3 is 0 Å². The molecule has 1 amide bonds. The van der Waals surface area contributed by atoms with Crippen molar-refractivity contribution < 1.29 is 19.4 Å². The normalized spacial score (nSPS) is 24.3. The maximum Gasteiger partial charge on any atom is 0.217 e. The number of carbonyl (C=O) groups is 2. The lowest BCUT2D eigenvalue weighted by Crippen LogP contribution is -2.58. The van der Waals surface area contributed by atoms with Crippen LogP contribution in [0.15, 0.2) is 11.1 Å². The number of nitrogens with two attached hydrogens (primary N) is 1. The van der Waals surface area contributed by atoms with E-state index in [4.69, 9.17) is 10.5 Å². The van der Waals surface area contributed by atoms with Gasteiger partial charge < -0.3 is 25.7 Å². The number of hydrogen-bond donors (Lipinski definition) is 2. The van der Waals surface area contributed by atoms with Crippen LogP contribution in [0.2, 0.25) is 0 Å². The fourth-order valence-electron chi connectivity index (χ4n) is 3.00. The molecule has 1 aliphatic carbocycles. The topological polar surface area (TPSA) is 104 Å². The highest BCUT2D eigenvalue weighted by atomic mass is 35.5. The van der Waals surface area contributed by atoms with E-state index in [9.17, 15) is 14.7 Å². The van der Waals surface area contributed by atoms with Gasteiger partial charge in [-0.2, -0.15) is 0 Å². The molecule has 0 bridgehead atoms. The van der Waals surface area contributed by atoms with Crippen molar-refractivity contribution in [2.24, 2.45) is 5.73 Å². The predicted molar refractivity (Wildman–Crippen MR) is 89.0 cm³/mol. The average Bonchev–Trinajstić information content (AvgIpc) is 2.46. The van der Waals surface area contributed by atoms with Crippen molar-refractivity contribution in [3.8, 4) is 0 Å². The maximum atomic E-state index is 11.5. The molecule has 0 aromatic carbocycles. The summed E-state index contributed by atoms with van der Waals surface area (Å²) < 4.78 is 6.07. The first kappa shape index (κ1) is 21.9. The Labute approximate surface area is 144 Å². The number of carboxylic acids is 1. The molecule has 0 spiro atoms. The maximum absolute atomic E-state index is 11.5. The van der Waals surface area contributed by atoms with Crippen LogP contribution >= 0.6 is 12.4 Å². The minimum absolute atomic E-state index is 0. The van der Waals surface area contributed by atoms with E-state index >= 15 is 0 Å². The zero-order chi connectivity index (χ0) is 16.9. The van der Waals surface area contributed by atoms with E-state index in [0.717, 1.165) is 12.8 Å². The number of carbonyl (C=O) groups excluding carboxylic acids is 2. The number of nitrogens with one attached hydrogen (secondary N) is 1. The first-order valence-electron chi connectivity index (χ1n) is 7.96. The third-order valence-corrected chi connectivity index (χ3v) is 4.24. The van der Waals surface area contributed by atoms with E-state index in [1.165, 1.54) is 6.92 Å². The molecule has 1 aliphatic rings. The van der Waals surface area contributed by atoms with Crippen LogP contribution in [0.4, 0.5) is 0 Å². The van der Waals surface area contributed by atoms with Gasteiger partial charge in [0.25, 0.3) is 0 Å². The minimum Gasteiger partial charge on any atom is -0.545 e. The third kappa shape index (κ3) is 5.48. The molecular weight excluding hydrogens is 320 g/mol. The molecule has 0 unspecified atom stereocenters. The van der Waals surface area contributed by atoms with Crippen LogP contribution in [-0.2, 0) is 14.3 Å². The number of halogens is 1. The molecular formula is C16H28ClN2O4-. The second kappa shape index (κ2) is 9.90. The summed E-state index contributed by atoms with van der Waals surface area (Å²) in [6.07, 6.45) is 1.86. The zero-order valence-electron chi connectivity index (χ0n) is 14.3. The molecule has 134 valence electrons. The molecule has 23 heavy (non-hydrogen) atoms. The molecule has 0 radical (unpaired) electrons. The van der Waals surface area contributed by atoms with Gasteiger partial charge in [0.1, 0.15) is 0 Å². The highest BCUT2D eigenvalue weighted by Gasteiger charge is 2.37. The molecule has 0 heterocycles. The van der Waals surface area contributed by atoms with Crippen molar-refractivity contribution in [1.29, 1.82) is 0 Å². The number of aliphatic carboxylic acids is 1. The van der Waals surface area contributed by atoms with Gasteiger partial charge in [-0.15, -0.1) is 12.4 Å². The number of ether oxygens (including phenoxy) is 1. The monoisotopic (exact) mass is 347 g/mol. The average molecular weight is 348 g/mol. The second-order valence-electron chi connectivity index (χ2n) is 5.73. The van der Waals surface area contributed by atoms with Crippen LogP contribution in [0.5, 0.6) is 0 Å². The highest BCUT2D eigenvalue weighted by Crippen LogP contribution is 2.30. The van der Waals surface area contributed by atoms with Crippen LogP contribution in [-0.4, -0.2) is 36.2 Å². The van der Waals surface area contributed by atoms with Crippen molar-refractivity contribution >= 4 is 24.3 Å². The molecule has 0 saturated heterocycles. The largest absolute Gasteiger partial charge is 0.545 e. The van der Waals surface area contributed by atoms with Gasteiger partial charge in [-0.05, 0) is 36.8 Å². The summed E-state index contributed by atoms with van der Waals surface area (Å²) >= 11 is 0. The smallest absolute Gasteiger partial charge is 0.217 e. The van der Waals surface area contributed by atoms with Crippen LogP contribution < -0.4 is 16.2 Å². The molecule has 3 N–H and O–H groups in total. The Morgan fingerprint density at radius 2 is 1.91 bits per heavy atom. The Bertz CT molecular complexity index is 449. The Kier molecular flexibility index (Phi) is 9.42. The second-order valence-corrected chi connectivity index (χ2v) is 5.73. The fourth-order valence-corrected chi connectivity index (χ4v) is 3.00. The van der Waals surface area contributed by atoms with Crippen molar-refractivity contribution in [2.75, 3.05) is 0 Å². The van der Waals surface area contributed by atoms with Gasteiger partial charge in [-0.1, -0.05) is 20.8 Å². The third-order valence-electron chi connectivity index (χ3n) is 4.24. The van der Waals surface area contributed by atoms with E-state index in [1.807, 2.05) is 20.8 Å². The summed E-state index contributed by atoms with van der Waals surface area (Å²) in [4.78, 5) is 22.8. The molecule has 0 aliphatic heterocycles. The Morgan fingerprint density at radius 1 is 1.35 bits per heavy atom. The number of rotatable bonds is 7. The summed E-state index contributed by atoms with van der Waals surface area (Å²) in [5.41, 5.74) is 7.16. The first-order valence-corrected chi connectivity index (χ1v) is 7.96. The molecule has 0 saturated carbocycles. The summed E-state index contributed by atoms with van der Waals surface area (Å²) in [6.45, 7) is 7.31. The van der Waals surface area contributed by atoms with Gasteiger partial charge in [0, 0.05) is 6.92 Å². The molecule has 0 fully saturated rings. The molecule has 0 aromatic heterocycles. The zero-order valence-corrected chi connectivity index (χ0v) is 15.1. The molecule has 7 heteroatoms. The van der Waals surface area contributed by atoms with E-state index in [0.29, 0.717) is 12.0 Å². The molecule has 6 nitrogen and oxygen atoms in total. The minimum atomic E-state index is -1.21. The predicted octanol–water partition coefficient (Wildman–Crippen LogP) is 0.674. The molecule has 0 aromatic rings. The highest BCUT2D eigenvalue weighted by molar-refractivity contribution is 5.87. The lowest BCUT2D eigenvalue weighted by Gasteiger charge is -2.40. The summed E-state index contributed by atoms with van der Waals surface area (Å²) in [7, 11) is 0. The summed E-state index contributed by atoms with van der Waals surface area (Å²) in [5.74, 6) is -1.45. The number of carboxylic acid groups (broad SMARTS) is 1. The Balaban J connectivity index is 0.00000484. The SMILES string of the molecule is CCC1=C(C(=O)[O-])C[C@H](NC(C)=O)[C@@H](N)[C@@H]1OC(CC)CC.Cl. The van der Waals surface area contributed by atoms with E-state index in [-0.39, 0.29) is 36.4 Å². The summed E-state index contributed by atoms with van der Waals surface area (Å²) in [6, 6.07) is -0.928. The van der Waals surface area contributed by atoms with E-state index in [1.54, 1.807) is 0 Å². The number of amides is 1. The van der Waals surface area contributed by atoms with Gasteiger partial charge in [0.15, 0.2) is 0 Å². The Hall–Kier alpha value is -1.11. The van der Waals surface area contributed by atoms with Crippen molar-refractivity contribution in [3.63, 3.8) is 0 Å².